The Morgan fingerprint density at radius 1 is 0.632 bits per heavy atom. The summed E-state index contributed by atoms with van der Waals surface area (Å²) in [6.07, 6.45) is 8.19. The van der Waals surface area contributed by atoms with E-state index in [9.17, 15) is 0 Å². The van der Waals surface area contributed by atoms with Gasteiger partial charge >= 0.3 is 0 Å². The van der Waals surface area contributed by atoms with E-state index in [1.54, 1.807) is 0 Å². The molecule has 7 heteroatoms. The molecule has 4 nitrogen and oxygen atoms in total. The van der Waals surface area contributed by atoms with Gasteiger partial charge in [-0.05, 0) is 47.9 Å². The summed E-state index contributed by atoms with van der Waals surface area (Å²) in [6, 6.07) is 0. The quantitative estimate of drug-likeness (QED) is 0.743. The summed E-state index contributed by atoms with van der Waals surface area (Å²) in [6.45, 7) is 7.58. The molecule has 0 aromatic rings. The van der Waals surface area contributed by atoms with Crippen molar-refractivity contribution in [2.75, 3.05) is 39.3 Å². The van der Waals surface area contributed by atoms with Crippen LogP contribution in [-0.4, -0.2) is 53.3 Å². The third-order valence-corrected chi connectivity index (χ3v) is 9.26. The zero-order chi connectivity index (χ0) is 12.4. The summed E-state index contributed by atoms with van der Waals surface area (Å²) in [7, 11) is 1.21. The van der Waals surface area contributed by atoms with Gasteiger partial charge in [0.2, 0.25) is 0 Å². The number of halogens is 1. The zero-order valence-corrected chi connectivity index (χ0v) is 14.6. The fourth-order valence-corrected chi connectivity index (χ4v) is 8.95. The highest BCUT2D eigenvalue weighted by molar-refractivity contribution is 7.62. The molecule has 0 aromatic heterocycles. The van der Waals surface area contributed by atoms with Crippen molar-refractivity contribution < 1.29 is 0 Å². The van der Waals surface area contributed by atoms with Gasteiger partial charge in [0, 0.05) is 39.3 Å². The molecule has 0 bridgehead atoms. The van der Waals surface area contributed by atoms with Crippen molar-refractivity contribution in [3.8, 4) is 0 Å². The molecule has 3 saturated heterocycles. The Bertz CT molecular complexity index is 287. The molecule has 0 N–H and O–H groups in total. The third kappa shape index (κ3) is 2.91. The van der Waals surface area contributed by atoms with Gasteiger partial charge in [-0.15, -0.1) is 12.4 Å². The summed E-state index contributed by atoms with van der Waals surface area (Å²) in [4.78, 5) is 0. The van der Waals surface area contributed by atoms with Crippen molar-refractivity contribution in [3.63, 3.8) is 0 Å². The van der Waals surface area contributed by atoms with Gasteiger partial charge < -0.3 is 0 Å². The van der Waals surface area contributed by atoms with Gasteiger partial charge in [-0.3, -0.25) is 0 Å². The van der Waals surface area contributed by atoms with E-state index in [-0.39, 0.29) is 12.4 Å². The van der Waals surface area contributed by atoms with Crippen LogP contribution >= 0.6 is 29.3 Å². The minimum Gasteiger partial charge on any atom is -0.246 e. The first kappa shape index (κ1) is 16.2. The van der Waals surface area contributed by atoms with E-state index in [4.69, 9.17) is 4.52 Å². The summed E-state index contributed by atoms with van der Waals surface area (Å²) < 4.78 is 13.2. The highest BCUT2D eigenvalue weighted by Gasteiger charge is 2.42. The standard InChI is InChI=1S/C12H26N4P2.ClH/c17-13-18(14-7-1-2-8-14,15-9-3-4-10-15)16-11-5-6-12-16;/h1-12,17H2;1H. The lowest BCUT2D eigenvalue weighted by molar-refractivity contribution is 0.385. The van der Waals surface area contributed by atoms with Gasteiger partial charge in [0.25, 0.3) is 0 Å². The molecule has 3 aliphatic rings. The summed E-state index contributed by atoms with van der Waals surface area (Å²) in [5.41, 5.74) is 0. The maximum absolute atomic E-state index is 4.97. The molecule has 3 rings (SSSR count). The Hall–Kier alpha value is 0.830. The van der Waals surface area contributed by atoms with Crippen LogP contribution in [0.2, 0.25) is 0 Å². The summed E-state index contributed by atoms with van der Waals surface area (Å²) >= 11 is 0. The number of hydrogen-bond donors (Lipinski definition) is 0. The fourth-order valence-electron chi connectivity index (χ4n) is 3.66. The van der Waals surface area contributed by atoms with E-state index in [1.165, 1.54) is 77.8 Å². The SMILES string of the molecule is Cl.PN=P(N1CCCC1)(N1CCCC1)N1CCCC1. The van der Waals surface area contributed by atoms with Gasteiger partial charge in [0.15, 0.2) is 7.51 Å². The molecule has 19 heavy (non-hydrogen) atoms. The summed E-state index contributed by atoms with van der Waals surface area (Å²) in [5, 5.41) is 0. The van der Waals surface area contributed by atoms with Crippen molar-refractivity contribution >= 4 is 29.3 Å². The highest BCUT2D eigenvalue weighted by atomic mass is 35.5. The van der Waals surface area contributed by atoms with Gasteiger partial charge in [0.05, 0.1) is 0 Å². The molecule has 1 unspecified atom stereocenters. The summed E-state index contributed by atoms with van der Waals surface area (Å²) in [5.74, 6) is 0. The predicted octanol–water partition coefficient (Wildman–Crippen LogP) is 3.43. The Morgan fingerprint density at radius 2 is 0.895 bits per heavy atom. The van der Waals surface area contributed by atoms with E-state index in [2.05, 4.69) is 23.4 Å². The molecular formula is C12H27ClN4P2. The Morgan fingerprint density at radius 3 is 1.11 bits per heavy atom. The fraction of sp³-hybridized carbons (Fsp3) is 1.00. The lowest BCUT2D eigenvalue weighted by Gasteiger charge is -2.45. The molecule has 112 valence electrons. The molecule has 1 atom stereocenters. The van der Waals surface area contributed by atoms with Gasteiger partial charge in [0.1, 0.15) is 0 Å². The van der Waals surface area contributed by atoms with Crippen LogP contribution in [0.15, 0.2) is 4.52 Å². The van der Waals surface area contributed by atoms with Crippen LogP contribution in [0.5, 0.6) is 0 Å². The Kier molecular flexibility index (Phi) is 6.14. The van der Waals surface area contributed by atoms with Crippen molar-refractivity contribution in [1.82, 2.24) is 14.0 Å². The number of hydrogen-bond acceptors (Lipinski definition) is 1. The van der Waals surface area contributed by atoms with Crippen LogP contribution in [0.3, 0.4) is 0 Å². The largest absolute Gasteiger partial charge is 0.246 e. The van der Waals surface area contributed by atoms with Crippen LogP contribution in [0.1, 0.15) is 38.5 Å². The maximum Gasteiger partial charge on any atom is 0.170 e. The first-order valence-electron chi connectivity index (χ1n) is 7.46. The number of rotatable bonds is 3. The highest BCUT2D eigenvalue weighted by Crippen LogP contribution is 2.63. The van der Waals surface area contributed by atoms with Gasteiger partial charge in [-0.25, -0.2) is 18.5 Å². The average Bonchev–Trinajstić information content (AvgIpc) is 3.16. The average molecular weight is 325 g/mol. The van der Waals surface area contributed by atoms with Crippen molar-refractivity contribution in [1.29, 1.82) is 0 Å². The Labute approximate surface area is 126 Å². The van der Waals surface area contributed by atoms with Crippen LogP contribution in [0.25, 0.3) is 0 Å². The van der Waals surface area contributed by atoms with Gasteiger partial charge in [-0.2, -0.15) is 0 Å². The number of nitrogens with zero attached hydrogens (tertiary/aromatic N) is 4. The first-order valence-corrected chi connectivity index (χ1v) is 9.57. The molecule has 3 fully saturated rings. The smallest absolute Gasteiger partial charge is 0.170 e. The molecular weight excluding hydrogens is 298 g/mol. The molecule has 0 radical (unpaired) electrons. The van der Waals surface area contributed by atoms with E-state index < -0.39 is 7.51 Å². The third-order valence-electron chi connectivity index (χ3n) is 4.54. The second-order valence-electron chi connectivity index (χ2n) is 5.63. The molecule has 0 spiro atoms. The minimum atomic E-state index is -1.53. The first-order chi connectivity index (χ1) is 8.88. The van der Waals surface area contributed by atoms with E-state index in [1.807, 2.05) is 0 Å². The van der Waals surface area contributed by atoms with Crippen LogP contribution in [0, 0.1) is 0 Å². The second kappa shape index (κ2) is 7.20. The monoisotopic (exact) mass is 324 g/mol. The van der Waals surface area contributed by atoms with Crippen molar-refractivity contribution in [3.05, 3.63) is 0 Å². The molecule has 3 aliphatic heterocycles. The molecule has 0 amide bonds. The second-order valence-corrected chi connectivity index (χ2v) is 9.33. The van der Waals surface area contributed by atoms with E-state index in [0.717, 1.165) is 0 Å². The van der Waals surface area contributed by atoms with Crippen molar-refractivity contribution in [2.45, 2.75) is 38.5 Å². The maximum atomic E-state index is 4.97. The predicted molar refractivity (Wildman–Crippen MR) is 88.7 cm³/mol. The minimum absolute atomic E-state index is 0. The zero-order valence-electron chi connectivity index (χ0n) is 11.7. The molecule has 0 aromatic carbocycles. The van der Waals surface area contributed by atoms with Crippen LogP contribution in [0.4, 0.5) is 0 Å². The molecule has 0 aliphatic carbocycles. The lowest BCUT2D eigenvalue weighted by Crippen LogP contribution is -2.37. The van der Waals surface area contributed by atoms with E-state index in [0.29, 0.717) is 0 Å². The lowest BCUT2D eigenvalue weighted by atomic mass is 10.4. The van der Waals surface area contributed by atoms with Gasteiger partial charge in [-0.1, -0.05) is 0 Å². The Balaban J connectivity index is 0.00000133. The van der Waals surface area contributed by atoms with Crippen LogP contribution in [-0.2, 0) is 0 Å². The molecule has 3 heterocycles. The van der Waals surface area contributed by atoms with Crippen LogP contribution < -0.4 is 0 Å². The normalized spacial score (nSPS) is 26.8. The van der Waals surface area contributed by atoms with E-state index >= 15 is 0 Å². The topological polar surface area (TPSA) is 22.1 Å². The molecule has 0 saturated carbocycles. The van der Waals surface area contributed by atoms with Crippen molar-refractivity contribution in [2.24, 2.45) is 4.52 Å².